The number of halogens is 1. The number of carbonyl (C=O) groups excluding carboxylic acids is 1. The van der Waals surface area contributed by atoms with Gasteiger partial charge in [-0.3, -0.25) is 4.79 Å². The van der Waals surface area contributed by atoms with Crippen LogP contribution >= 0.6 is 27.3 Å². The minimum absolute atomic E-state index is 0.138. The van der Waals surface area contributed by atoms with Crippen molar-refractivity contribution < 1.29 is 4.79 Å². The molecule has 0 radical (unpaired) electrons. The first kappa shape index (κ1) is 16.9. The van der Waals surface area contributed by atoms with Crippen molar-refractivity contribution in [3.63, 3.8) is 0 Å². The maximum absolute atomic E-state index is 12.5. The van der Waals surface area contributed by atoms with E-state index in [1.165, 1.54) is 11.3 Å². The molecule has 0 aliphatic heterocycles. The molecule has 124 valence electrons. The molecular formula is C17H17BrN4OS. The zero-order valence-electron chi connectivity index (χ0n) is 13.4. The monoisotopic (exact) mass is 404 g/mol. The molecule has 0 unspecified atom stereocenters. The molecule has 0 aliphatic rings. The van der Waals surface area contributed by atoms with Crippen LogP contribution in [0.15, 0.2) is 41.0 Å². The van der Waals surface area contributed by atoms with Crippen molar-refractivity contribution in [2.45, 2.75) is 26.8 Å². The predicted octanol–water partition coefficient (Wildman–Crippen LogP) is 4.27. The van der Waals surface area contributed by atoms with Crippen molar-refractivity contribution in [2.24, 2.45) is 0 Å². The van der Waals surface area contributed by atoms with Gasteiger partial charge in [0.05, 0.1) is 23.4 Å². The van der Waals surface area contributed by atoms with E-state index in [0.29, 0.717) is 17.2 Å². The van der Waals surface area contributed by atoms with Crippen LogP contribution in [0, 0.1) is 6.92 Å². The van der Waals surface area contributed by atoms with Crippen LogP contribution in [0.5, 0.6) is 0 Å². The molecular weight excluding hydrogens is 388 g/mol. The molecule has 2 heterocycles. The Morgan fingerprint density at radius 3 is 2.92 bits per heavy atom. The largest absolute Gasteiger partial charge is 0.306 e. The second-order valence-electron chi connectivity index (χ2n) is 5.33. The molecule has 0 aliphatic carbocycles. The number of nitrogens with zero attached hydrogens (tertiary/aromatic N) is 3. The highest BCUT2D eigenvalue weighted by atomic mass is 79.9. The van der Waals surface area contributed by atoms with Crippen LogP contribution in [0.3, 0.4) is 0 Å². The molecule has 1 amide bonds. The lowest BCUT2D eigenvalue weighted by molar-refractivity contribution is 0.102. The van der Waals surface area contributed by atoms with Gasteiger partial charge in [-0.1, -0.05) is 35.0 Å². The molecule has 0 fully saturated rings. The van der Waals surface area contributed by atoms with E-state index in [2.05, 4.69) is 31.3 Å². The normalized spacial score (nSPS) is 10.8. The lowest BCUT2D eigenvalue weighted by Crippen LogP contribution is -2.16. The standard InChI is InChI=1S/C17H17BrN4OS/c1-3-15-20-11(2)16(24-15)17(23)21-14-7-8-19-22(14)10-12-5-4-6-13(18)9-12/h4-9H,3,10H2,1-2H3,(H,21,23). The summed E-state index contributed by atoms with van der Waals surface area (Å²) in [6, 6.07) is 9.82. The number of hydrogen-bond donors (Lipinski definition) is 1. The number of hydrogen-bond acceptors (Lipinski definition) is 4. The van der Waals surface area contributed by atoms with Gasteiger partial charge in [-0.15, -0.1) is 11.3 Å². The van der Waals surface area contributed by atoms with Crippen molar-refractivity contribution in [1.82, 2.24) is 14.8 Å². The Bertz CT molecular complexity index is 871. The third-order valence-corrected chi connectivity index (χ3v) is 5.32. The summed E-state index contributed by atoms with van der Waals surface area (Å²) in [5.41, 5.74) is 1.87. The van der Waals surface area contributed by atoms with Gasteiger partial charge in [0.15, 0.2) is 0 Å². The second kappa shape index (κ2) is 7.27. The molecule has 0 atom stereocenters. The van der Waals surface area contributed by atoms with Crippen molar-refractivity contribution in [3.05, 3.63) is 62.1 Å². The fraction of sp³-hybridized carbons (Fsp3) is 0.235. The van der Waals surface area contributed by atoms with Crippen molar-refractivity contribution in [2.75, 3.05) is 5.32 Å². The highest BCUT2D eigenvalue weighted by Crippen LogP contribution is 2.21. The first-order valence-electron chi connectivity index (χ1n) is 7.60. The molecule has 1 aromatic carbocycles. The summed E-state index contributed by atoms with van der Waals surface area (Å²) in [4.78, 5) is 17.6. The third-order valence-electron chi connectivity index (χ3n) is 3.53. The summed E-state index contributed by atoms with van der Waals surface area (Å²) in [5.74, 6) is 0.534. The topological polar surface area (TPSA) is 59.8 Å². The third kappa shape index (κ3) is 3.73. The Hall–Kier alpha value is -1.99. The predicted molar refractivity (Wildman–Crippen MR) is 99.7 cm³/mol. The lowest BCUT2D eigenvalue weighted by Gasteiger charge is -2.09. The van der Waals surface area contributed by atoms with Gasteiger partial charge in [0.2, 0.25) is 0 Å². The van der Waals surface area contributed by atoms with Crippen LogP contribution in [0.2, 0.25) is 0 Å². The Balaban J connectivity index is 1.77. The number of benzene rings is 1. The quantitative estimate of drug-likeness (QED) is 0.690. The second-order valence-corrected chi connectivity index (χ2v) is 7.33. The van der Waals surface area contributed by atoms with E-state index in [1.54, 1.807) is 16.9 Å². The van der Waals surface area contributed by atoms with Crippen LogP contribution in [0.1, 0.15) is 32.9 Å². The summed E-state index contributed by atoms with van der Waals surface area (Å²) in [5, 5.41) is 8.22. The van der Waals surface area contributed by atoms with Crippen LogP contribution in [-0.4, -0.2) is 20.7 Å². The van der Waals surface area contributed by atoms with Gasteiger partial charge in [0, 0.05) is 10.5 Å². The molecule has 24 heavy (non-hydrogen) atoms. The molecule has 5 nitrogen and oxygen atoms in total. The average Bonchev–Trinajstić information content (AvgIpc) is 3.14. The van der Waals surface area contributed by atoms with Crippen LogP contribution in [-0.2, 0) is 13.0 Å². The van der Waals surface area contributed by atoms with Gasteiger partial charge in [0.1, 0.15) is 10.7 Å². The summed E-state index contributed by atoms with van der Waals surface area (Å²) >= 11 is 4.91. The number of nitrogens with one attached hydrogen (secondary N) is 1. The smallest absolute Gasteiger partial charge is 0.268 e. The lowest BCUT2D eigenvalue weighted by atomic mass is 10.2. The first-order chi connectivity index (χ1) is 11.6. The zero-order chi connectivity index (χ0) is 17.1. The van der Waals surface area contributed by atoms with Crippen LogP contribution in [0.4, 0.5) is 5.82 Å². The Labute approximate surface area is 152 Å². The molecule has 1 N–H and O–H groups in total. The van der Waals surface area contributed by atoms with Crippen LogP contribution in [0.25, 0.3) is 0 Å². The fourth-order valence-electron chi connectivity index (χ4n) is 2.36. The molecule has 3 aromatic rings. The van der Waals surface area contributed by atoms with Gasteiger partial charge in [0.25, 0.3) is 5.91 Å². The van der Waals surface area contributed by atoms with Gasteiger partial charge in [-0.25, -0.2) is 9.67 Å². The highest BCUT2D eigenvalue weighted by molar-refractivity contribution is 9.10. The number of thiazole rings is 1. The molecule has 7 heteroatoms. The number of carbonyl (C=O) groups is 1. The van der Waals surface area contributed by atoms with E-state index >= 15 is 0 Å². The SMILES string of the molecule is CCc1nc(C)c(C(=O)Nc2ccnn2Cc2cccc(Br)c2)s1. The summed E-state index contributed by atoms with van der Waals surface area (Å²) in [7, 11) is 0. The molecule has 3 rings (SSSR count). The van der Waals surface area contributed by atoms with Crippen molar-refractivity contribution in [3.8, 4) is 0 Å². The average molecular weight is 405 g/mol. The highest BCUT2D eigenvalue weighted by Gasteiger charge is 2.16. The summed E-state index contributed by atoms with van der Waals surface area (Å²) in [6.07, 6.45) is 2.52. The van der Waals surface area contributed by atoms with E-state index in [0.717, 1.165) is 27.2 Å². The molecule has 0 saturated carbocycles. The maximum atomic E-state index is 12.5. The molecule has 2 aromatic heterocycles. The van der Waals surface area contributed by atoms with Crippen molar-refractivity contribution >= 4 is 39.0 Å². The van der Waals surface area contributed by atoms with E-state index < -0.39 is 0 Å². The number of amides is 1. The van der Waals surface area contributed by atoms with E-state index in [9.17, 15) is 4.79 Å². The van der Waals surface area contributed by atoms with Crippen molar-refractivity contribution in [1.29, 1.82) is 0 Å². The van der Waals surface area contributed by atoms with E-state index in [1.807, 2.05) is 38.1 Å². The fourth-order valence-corrected chi connectivity index (χ4v) is 3.71. The molecule has 0 bridgehead atoms. The Morgan fingerprint density at radius 1 is 1.38 bits per heavy atom. The van der Waals surface area contributed by atoms with E-state index in [4.69, 9.17) is 0 Å². The minimum Gasteiger partial charge on any atom is -0.306 e. The van der Waals surface area contributed by atoms with Crippen LogP contribution < -0.4 is 5.32 Å². The first-order valence-corrected chi connectivity index (χ1v) is 9.21. The van der Waals surface area contributed by atoms with Gasteiger partial charge in [-0.05, 0) is 31.0 Å². The van der Waals surface area contributed by atoms with Gasteiger partial charge in [-0.2, -0.15) is 5.10 Å². The Kier molecular flexibility index (Phi) is 5.11. The van der Waals surface area contributed by atoms with E-state index in [-0.39, 0.29) is 5.91 Å². The minimum atomic E-state index is -0.138. The maximum Gasteiger partial charge on any atom is 0.268 e. The van der Waals surface area contributed by atoms with Gasteiger partial charge >= 0.3 is 0 Å². The Morgan fingerprint density at radius 2 is 2.21 bits per heavy atom. The van der Waals surface area contributed by atoms with Gasteiger partial charge < -0.3 is 5.32 Å². The number of aromatic nitrogens is 3. The number of rotatable bonds is 5. The molecule has 0 saturated heterocycles. The number of anilines is 1. The zero-order valence-corrected chi connectivity index (χ0v) is 15.8. The summed E-state index contributed by atoms with van der Waals surface area (Å²) in [6.45, 7) is 4.49. The number of aryl methyl sites for hydroxylation is 2. The summed E-state index contributed by atoms with van der Waals surface area (Å²) < 4.78 is 2.79. The molecule has 0 spiro atoms.